The van der Waals surface area contributed by atoms with Gasteiger partial charge in [-0.3, -0.25) is 9.89 Å². The van der Waals surface area contributed by atoms with Gasteiger partial charge in [-0.15, -0.1) is 0 Å². The van der Waals surface area contributed by atoms with Crippen molar-refractivity contribution >= 4 is 39.9 Å². The number of rotatable bonds is 6. The lowest BCUT2D eigenvalue weighted by molar-refractivity contribution is -0.117. The number of anilines is 1. The molecule has 1 aliphatic carbocycles. The predicted octanol–water partition coefficient (Wildman–Crippen LogP) is 4.02. The molecule has 176 valence electrons. The monoisotopic (exact) mass is 486 g/mol. The maximum Gasteiger partial charge on any atom is 0.231 e. The normalized spacial score (nSPS) is 21.1. The van der Waals surface area contributed by atoms with Crippen LogP contribution in [0.2, 0.25) is 5.02 Å². The maximum atomic E-state index is 15.6. The van der Waals surface area contributed by atoms with Gasteiger partial charge >= 0.3 is 0 Å². The van der Waals surface area contributed by atoms with E-state index in [1.165, 1.54) is 0 Å². The largest absolute Gasteiger partial charge is 0.378 e. The Hall–Kier alpha value is -3.08. The number of halogens is 3. The molecule has 1 unspecified atom stereocenters. The van der Waals surface area contributed by atoms with Crippen molar-refractivity contribution in [3.63, 3.8) is 0 Å². The van der Waals surface area contributed by atoms with Crippen LogP contribution in [-0.2, 0) is 9.53 Å². The minimum atomic E-state index is -1.08. The molecule has 1 aromatic carbocycles. The number of benzene rings is 1. The Bertz CT molecular complexity index is 1430. The fourth-order valence-corrected chi connectivity index (χ4v) is 4.76. The number of H-pyrrole nitrogens is 1. The van der Waals surface area contributed by atoms with Crippen LogP contribution >= 0.6 is 11.6 Å². The molecular weight excluding hydrogens is 466 g/mol. The number of alkyl halides is 1. The van der Waals surface area contributed by atoms with Crippen LogP contribution in [0.4, 0.5) is 14.6 Å². The molecule has 4 heterocycles. The van der Waals surface area contributed by atoms with Gasteiger partial charge in [0.15, 0.2) is 5.82 Å². The van der Waals surface area contributed by atoms with E-state index in [1.54, 1.807) is 35.1 Å². The number of ether oxygens (including phenoxy) is 1. The molecule has 0 radical (unpaired) electrons. The molecule has 3 atom stereocenters. The van der Waals surface area contributed by atoms with Gasteiger partial charge in [0.2, 0.25) is 5.91 Å². The number of carbonyl (C=O) groups excluding carboxylic acids is 1. The SMILES string of the molecule is CC(NC1COC1)c1c(F)c(Cl)c(-c2ccc3nc(NC(=O)[C@@H]4C[C@@H]4F)cn3c2)c2cn[nH]c12. The highest BCUT2D eigenvalue weighted by atomic mass is 35.5. The van der Waals surface area contributed by atoms with Crippen LogP contribution in [0.15, 0.2) is 30.7 Å². The van der Waals surface area contributed by atoms with E-state index < -0.39 is 17.9 Å². The average Bonchev–Trinajstić information content (AvgIpc) is 3.15. The summed E-state index contributed by atoms with van der Waals surface area (Å²) in [5, 5.41) is 13.8. The number of nitrogens with zero attached hydrogens (tertiary/aromatic N) is 3. The minimum absolute atomic E-state index is 0.00174. The molecule has 1 saturated carbocycles. The molecule has 11 heteroatoms. The number of hydrogen-bond donors (Lipinski definition) is 3. The third-order valence-corrected chi connectivity index (χ3v) is 6.78. The summed E-state index contributed by atoms with van der Waals surface area (Å²) in [5.41, 5.74) is 2.73. The molecule has 6 rings (SSSR count). The smallest absolute Gasteiger partial charge is 0.231 e. The van der Waals surface area contributed by atoms with Crippen LogP contribution in [0.3, 0.4) is 0 Å². The van der Waals surface area contributed by atoms with Crippen LogP contribution in [0, 0.1) is 11.7 Å². The topological polar surface area (TPSA) is 96.3 Å². The molecule has 3 N–H and O–H groups in total. The highest BCUT2D eigenvalue weighted by molar-refractivity contribution is 6.35. The summed E-state index contributed by atoms with van der Waals surface area (Å²) in [4.78, 5) is 16.4. The Morgan fingerprint density at radius 2 is 2.15 bits per heavy atom. The molecule has 1 aliphatic heterocycles. The first-order chi connectivity index (χ1) is 16.4. The zero-order valence-electron chi connectivity index (χ0n) is 18.1. The Labute approximate surface area is 197 Å². The quantitative estimate of drug-likeness (QED) is 0.382. The second-order valence-electron chi connectivity index (χ2n) is 8.85. The van der Waals surface area contributed by atoms with Gasteiger partial charge in [0.25, 0.3) is 0 Å². The molecular formula is C23H21ClF2N6O2. The highest BCUT2D eigenvalue weighted by Gasteiger charge is 2.43. The van der Waals surface area contributed by atoms with Crippen molar-refractivity contribution in [3.05, 3.63) is 47.1 Å². The summed E-state index contributed by atoms with van der Waals surface area (Å²) in [6.45, 7) is 3.06. The molecule has 34 heavy (non-hydrogen) atoms. The molecule has 8 nitrogen and oxygen atoms in total. The Morgan fingerprint density at radius 1 is 1.35 bits per heavy atom. The van der Waals surface area contributed by atoms with Crippen LogP contribution in [0.5, 0.6) is 0 Å². The average molecular weight is 487 g/mol. The fraction of sp³-hybridized carbons (Fsp3) is 0.348. The summed E-state index contributed by atoms with van der Waals surface area (Å²) in [5.74, 6) is -1.18. The van der Waals surface area contributed by atoms with Crippen molar-refractivity contribution < 1.29 is 18.3 Å². The predicted molar refractivity (Wildman–Crippen MR) is 123 cm³/mol. The number of nitrogens with one attached hydrogen (secondary N) is 3. The van der Waals surface area contributed by atoms with E-state index in [4.69, 9.17) is 16.3 Å². The summed E-state index contributed by atoms with van der Waals surface area (Å²) < 4.78 is 35.7. The summed E-state index contributed by atoms with van der Waals surface area (Å²) in [7, 11) is 0. The molecule has 1 amide bonds. The number of hydrogen-bond acceptors (Lipinski definition) is 5. The third kappa shape index (κ3) is 3.53. The number of aromatic amines is 1. The first-order valence-corrected chi connectivity index (χ1v) is 11.4. The van der Waals surface area contributed by atoms with E-state index in [0.717, 1.165) is 0 Å². The molecule has 0 bridgehead atoms. The number of pyridine rings is 1. The lowest BCUT2D eigenvalue weighted by Gasteiger charge is -2.30. The van der Waals surface area contributed by atoms with Crippen molar-refractivity contribution in [1.82, 2.24) is 24.9 Å². The van der Waals surface area contributed by atoms with Gasteiger partial charge in [-0.05, 0) is 25.5 Å². The van der Waals surface area contributed by atoms with Crippen molar-refractivity contribution in [1.29, 1.82) is 0 Å². The van der Waals surface area contributed by atoms with E-state index in [9.17, 15) is 9.18 Å². The maximum absolute atomic E-state index is 15.6. The summed E-state index contributed by atoms with van der Waals surface area (Å²) in [6, 6.07) is 3.39. The highest BCUT2D eigenvalue weighted by Crippen LogP contribution is 2.41. The van der Waals surface area contributed by atoms with Crippen LogP contribution in [-0.4, -0.2) is 50.9 Å². The molecule has 4 aromatic rings. The second-order valence-corrected chi connectivity index (χ2v) is 9.23. The van der Waals surface area contributed by atoms with Crippen molar-refractivity contribution in [2.45, 2.75) is 31.6 Å². The fourth-order valence-electron chi connectivity index (χ4n) is 4.45. The lowest BCUT2D eigenvalue weighted by Crippen LogP contribution is -2.47. The van der Waals surface area contributed by atoms with E-state index >= 15 is 4.39 Å². The Kier molecular flexibility index (Phi) is 5.05. The van der Waals surface area contributed by atoms with E-state index in [0.29, 0.717) is 52.3 Å². The van der Waals surface area contributed by atoms with Gasteiger partial charge in [0, 0.05) is 34.3 Å². The molecule has 2 fully saturated rings. The number of imidazole rings is 1. The van der Waals surface area contributed by atoms with Crippen molar-refractivity contribution in [2.75, 3.05) is 18.5 Å². The Balaban J connectivity index is 1.38. The van der Waals surface area contributed by atoms with Crippen molar-refractivity contribution in [2.24, 2.45) is 5.92 Å². The van der Waals surface area contributed by atoms with E-state index in [2.05, 4.69) is 25.8 Å². The van der Waals surface area contributed by atoms with Gasteiger partial charge in [0.1, 0.15) is 17.6 Å². The third-order valence-electron chi connectivity index (χ3n) is 6.42. The molecule has 0 spiro atoms. The van der Waals surface area contributed by atoms with Gasteiger partial charge < -0.3 is 19.8 Å². The summed E-state index contributed by atoms with van der Waals surface area (Å²) >= 11 is 6.59. The van der Waals surface area contributed by atoms with Crippen molar-refractivity contribution in [3.8, 4) is 11.1 Å². The first kappa shape index (κ1) is 21.5. The minimum Gasteiger partial charge on any atom is -0.378 e. The van der Waals surface area contributed by atoms with E-state index in [1.807, 2.05) is 6.92 Å². The van der Waals surface area contributed by atoms with Crippen LogP contribution in [0.1, 0.15) is 24.9 Å². The molecule has 1 saturated heterocycles. The van der Waals surface area contributed by atoms with Crippen LogP contribution in [0.25, 0.3) is 27.7 Å². The zero-order valence-corrected chi connectivity index (χ0v) is 18.9. The number of carbonyl (C=O) groups is 1. The van der Waals surface area contributed by atoms with Gasteiger partial charge in [-0.2, -0.15) is 5.10 Å². The standard InChI is InChI=1S/C23H21ClF2N6O2/c1-10(28-12-8-34-9-12)18-21(26)20(24)19(14-5-27-31-22(14)18)11-2-3-17-29-16(7-32(17)6-11)30-23(33)13-4-15(13)25/h2-3,5-7,10,12-13,15,28H,4,8-9H2,1H3,(H,27,31)(H,30,33)/t10?,13-,15+/m1/s1. The number of aromatic nitrogens is 4. The number of fused-ring (bicyclic) bond motifs is 2. The Morgan fingerprint density at radius 3 is 2.85 bits per heavy atom. The lowest BCUT2D eigenvalue weighted by atomic mass is 9.96. The molecule has 2 aliphatic rings. The first-order valence-electron chi connectivity index (χ1n) is 11.0. The number of amides is 1. The van der Waals surface area contributed by atoms with Gasteiger partial charge in [-0.25, -0.2) is 13.8 Å². The second kappa shape index (κ2) is 8.00. The van der Waals surface area contributed by atoms with Crippen LogP contribution < -0.4 is 10.6 Å². The zero-order chi connectivity index (χ0) is 23.6. The van der Waals surface area contributed by atoms with Gasteiger partial charge in [-0.1, -0.05) is 11.6 Å². The molecule has 3 aromatic heterocycles. The summed E-state index contributed by atoms with van der Waals surface area (Å²) in [6.07, 6.45) is 4.18. The van der Waals surface area contributed by atoms with E-state index in [-0.39, 0.29) is 29.4 Å². The van der Waals surface area contributed by atoms with Gasteiger partial charge in [0.05, 0.1) is 48.1 Å².